The third-order valence-corrected chi connectivity index (χ3v) is 10.0. The minimum Gasteiger partial charge on any atom is -0.0619 e. The molecule has 0 fully saturated rings. The predicted molar refractivity (Wildman–Crippen MR) is 193 cm³/mol. The summed E-state index contributed by atoms with van der Waals surface area (Å²) >= 11 is 0. The Morgan fingerprint density at radius 2 is 0.978 bits per heavy atom. The van der Waals surface area contributed by atoms with Crippen molar-refractivity contribution in [1.82, 2.24) is 0 Å². The van der Waals surface area contributed by atoms with Gasteiger partial charge in [0.1, 0.15) is 0 Å². The maximum absolute atomic E-state index is 7.95. The molecule has 212 valence electrons. The van der Waals surface area contributed by atoms with E-state index in [0.29, 0.717) is 6.04 Å². The fraction of sp³-hybridized carbons (Fsp3) is 0.0667. The van der Waals surface area contributed by atoms with Gasteiger partial charge in [-0.1, -0.05) is 165 Å². The molecule has 1 aliphatic carbocycles. The quantitative estimate of drug-likeness (QED) is 0.184. The first-order chi connectivity index (χ1) is 22.5. The monoisotopic (exact) mass is 573 g/mol. The van der Waals surface area contributed by atoms with Crippen LogP contribution in [0.15, 0.2) is 158 Å². The molecule has 0 aliphatic heterocycles. The highest BCUT2D eigenvalue weighted by molar-refractivity contribution is 6.22. The van der Waals surface area contributed by atoms with Gasteiger partial charge in [0.15, 0.2) is 0 Å². The fourth-order valence-corrected chi connectivity index (χ4v) is 7.83. The number of fused-ring (bicyclic) bond motifs is 6. The van der Waals surface area contributed by atoms with Gasteiger partial charge in [-0.05, 0) is 94.0 Å². The molecule has 0 radical (unpaired) electrons. The average Bonchev–Trinajstić information content (AvgIpc) is 3.33. The summed E-state index contributed by atoms with van der Waals surface area (Å²) in [5.74, 6) is 0. The van der Waals surface area contributed by atoms with Gasteiger partial charge in [0, 0.05) is 5.41 Å². The topological polar surface area (TPSA) is 0 Å². The third-order valence-electron chi connectivity index (χ3n) is 10.0. The van der Waals surface area contributed by atoms with Crippen molar-refractivity contribution in [3.63, 3.8) is 0 Å². The molecule has 0 amide bonds. The normalized spacial score (nSPS) is 13.6. The van der Waals surface area contributed by atoms with E-state index in [2.05, 4.69) is 147 Å². The Hall–Kier alpha value is -5.46. The summed E-state index contributed by atoms with van der Waals surface area (Å²) < 4.78 is 7.95. The Morgan fingerprint density at radius 1 is 0.400 bits per heavy atom. The number of benzene rings is 8. The largest absolute Gasteiger partial charge is 0.0623 e. The molecule has 0 atom stereocenters. The molecule has 0 unspecified atom stereocenters. The highest BCUT2D eigenvalue weighted by Crippen LogP contribution is 2.54. The molecule has 8 aromatic rings. The van der Waals surface area contributed by atoms with Crippen LogP contribution >= 0.6 is 0 Å². The van der Waals surface area contributed by atoms with E-state index < -0.39 is 0 Å². The molecule has 0 saturated heterocycles. The van der Waals surface area contributed by atoms with Gasteiger partial charge in [0.25, 0.3) is 0 Å². The van der Waals surface area contributed by atoms with E-state index in [-0.39, 0.29) is 5.41 Å². The fourth-order valence-electron chi connectivity index (χ4n) is 7.83. The molecule has 0 heteroatoms. The first kappa shape index (κ1) is 24.9. The van der Waals surface area contributed by atoms with Gasteiger partial charge in [0.2, 0.25) is 0 Å². The first-order valence-electron chi connectivity index (χ1n) is 16.3. The van der Waals surface area contributed by atoms with Crippen LogP contribution in [-0.2, 0) is 5.41 Å². The summed E-state index contributed by atoms with van der Waals surface area (Å²) in [6.07, 6.45) is 0. The zero-order chi connectivity index (χ0) is 31.0. The van der Waals surface area contributed by atoms with Crippen molar-refractivity contribution in [1.29, 1.82) is 0 Å². The number of hydrogen-bond donors (Lipinski definition) is 0. The second-order valence-corrected chi connectivity index (χ2v) is 12.8. The zero-order valence-electron chi connectivity index (χ0n) is 26.4. The van der Waals surface area contributed by atoms with Crippen LogP contribution < -0.4 is 0 Å². The average molecular weight is 574 g/mol. The maximum atomic E-state index is 7.95. The Bertz CT molecular complexity index is 2440. The number of rotatable bonds is 3. The summed E-state index contributed by atoms with van der Waals surface area (Å²) in [6, 6.07) is 55.6. The second-order valence-electron chi connectivity index (χ2n) is 12.8. The zero-order valence-corrected chi connectivity index (χ0v) is 25.4. The molecule has 0 bridgehead atoms. The molecule has 8 aromatic carbocycles. The van der Waals surface area contributed by atoms with Crippen LogP contribution in [0.4, 0.5) is 0 Å². The van der Waals surface area contributed by atoms with E-state index >= 15 is 0 Å². The summed E-state index contributed by atoms with van der Waals surface area (Å²) in [6.45, 7) is 4.71. The van der Waals surface area contributed by atoms with Crippen molar-refractivity contribution < 1.29 is 1.37 Å². The van der Waals surface area contributed by atoms with Crippen molar-refractivity contribution in [2.45, 2.75) is 19.3 Å². The van der Waals surface area contributed by atoms with E-state index in [1.165, 1.54) is 77.2 Å². The molecule has 0 nitrogen and oxygen atoms in total. The second kappa shape index (κ2) is 9.78. The summed E-state index contributed by atoms with van der Waals surface area (Å²) in [7, 11) is 0. The van der Waals surface area contributed by atoms with E-state index in [0.717, 1.165) is 10.8 Å². The lowest BCUT2D eigenvalue weighted by atomic mass is 9.80. The molecular weight excluding hydrogens is 540 g/mol. The van der Waals surface area contributed by atoms with Gasteiger partial charge in [-0.3, -0.25) is 0 Å². The van der Waals surface area contributed by atoms with E-state index in [4.69, 9.17) is 1.37 Å². The van der Waals surface area contributed by atoms with Crippen molar-refractivity contribution in [2.75, 3.05) is 0 Å². The Labute approximate surface area is 265 Å². The van der Waals surface area contributed by atoms with Crippen LogP contribution in [0.25, 0.3) is 76.8 Å². The van der Waals surface area contributed by atoms with Crippen LogP contribution in [0, 0.1) is 0 Å². The molecule has 0 saturated carbocycles. The lowest BCUT2D eigenvalue weighted by Gasteiger charge is -2.22. The van der Waals surface area contributed by atoms with Crippen molar-refractivity contribution in [3.8, 4) is 44.5 Å². The summed E-state index contributed by atoms with van der Waals surface area (Å²) in [5.41, 5.74) is 12.9. The van der Waals surface area contributed by atoms with Gasteiger partial charge in [-0.25, -0.2) is 0 Å². The van der Waals surface area contributed by atoms with Crippen molar-refractivity contribution in [3.05, 3.63) is 169 Å². The minimum absolute atomic E-state index is 0.0508. The van der Waals surface area contributed by atoms with Crippen molar-refractivity contribution >= 4 is 32.3 Å². The molecular formula is C45H32. The Kier molecular flexibility index (Phi) is 5.41. The SMILES string of the molecule is [2H]c1ccc2cc(-c3ccc(-c4c5ccccc5c(-c5cccc6c5-c5ccccc5C6(C)C)c5ccccc45)cc3)ccc2c1. The maximum Gasteiger partial charge on any atom is 0.0623 e. The predicted octanol–water partition coefficient (Wildman–Crippen LogP) is 12.5. The summed E-state index contributed by atoms with van der Waals surface area (Å²) in [5, 5.41) is 7.34. The lowest BCUT2D eigenvalue weighted by molar-refractivity contribution is 0.660. The third kappa shape index (κ3) is 3.85. The van der Waals surface area contributed by atoms with Crippen LogP contribution in [0.1, 0.15) is 26.3 Å². The van der Waals surface area contributed by atoms with E-state index in [1.54, 1.807) is 0 Å². The van der Waals surface area contributed by atoms with Gasteiger partial charge in [-0.15, -0.1) is 0 Å². The standard InChI is InChI=1S/C45H32/c1-45(2)40-20-10-9-18-38(40)44-39(19-11-21-41(44)45)43-36-16-7-5-14-34(36)42(35-15-6-8-17-37(35)43)31-25-22-30(23-26-31)33-27-24-29-12-3-4-13-32(29)28-33/h3-28H,1-2H3/i3D. The Balaban J connectivity index is 1.26. The minimum atomic E-state index is -0.0508. The van der Waals surface area contributed by atoms with Crippen LogP contribution in [0.2, 0.25) is 0 Å². The Morgan fingerprint density at radius 3 is 1.71 bits per heavy atom. The number of hydrogen-bond acceptors (Lipinski definition) is 0. The van der Waals surface area contributed by atoms with Gasteiger partial charge in [-0.2, -0.15) is 0 Å². The highest BCUT2D eigenvalue weighted by Gasteiger charge is 2.37. The summed E-state index contributed by atoms with van der Waals surface area (Å²) in [4.78, 5) is 0. The van der Waals surface area contributed by atoms with Gasteiger partial charge in [0.05, 0.1) is 1.37 Å². The molecule has 0 N–H and O–H groups in total. The smallest absolute Gasteiger partial charge is 0.0619 e. The first-order valence-corrected chi connectivity index (χ1v) is 15.8. The van der Waals surface area contributed by atoms with E-state index in [9.17, 15) is 0 Å². The van der Waals surface area contributed by atoms with Gasteiger partial charge < -0.3 is 0 Å². The molecule has 0 heterocycles. The van der Waals surface area contributed by atoms with Crippen LogP contribution in [-0.4, -0.2) is 0 Å². The highest BCUT2D eigenvalue weighted by atomic mass is 14.4. The lowest BCUT2D eigenvalue weighted by Crippen LogP contribution is -2.14. The molecule has 0 spiro atoms. The van der Waals surface area contributed by atoms with Crippen molar-refractivity contribution in [2.24, 2.45) is 0 Å². The van der Waals surface area contributed by atoms with Crippen LogP contribution in [0.5, 0.6) is 0 Å². The van der Waals surface area contributed by atoms with E-state index in [1.807, 2.05) is 18.2 Å². The molecule has 45 heavy (non-hydrogen) atoms. The van der Waals surface area contributed by atoms with Crippen LogP contribution in [0.3, 0.4) is 0 Å². The molecule has 1 aliphatic rings. The molecule has 0 aromatic heterocycles. The molecule has 9 rings (SSSR count). The van der Waals surface area contributed by atoms with Gasteiger partial charge >= 0.3 is 0 Å².